The number of halogens is 3. The number of anilines is 1. The molecule has 3 aromatic rings. The molecule has 2 aromatic heterocycles. The van der Waals surface area contributed by atoms with Crippen LogP contribution in [0.3, 0.4) is 0 Å². The number of piperidine rings is 1. The predicted molar refractivity (Wildman–Crippen MR) is 110 cm³/mol. The molecule has 1 aromatic carbocycles. The molecule has 2 aliphatic heterocycles. The summed E-state index contributed by atoms with van der Waals surface area (Å²) in [6.45, 7) is 0.452. The smallest absolute Gasteiger partial charge is 0.417 e. The van der Waals surface area contributed by atoms with Gasteiger partial charge in [-0.15, -0.1) is 10.2 Å². The highest BCUT2D eigenvalue weighted by Crippen LogP contribution is 2.41. The fraction of sp³-hybridized carbons (Fsp3) is 0.368. The fourth-order valence-electron chi connectivity index (χ4n) is 3.92. The second-order valence-electron chi connectivity index (χ2n) is 7.76. The number of aliphatic carboxylic acids is 1. The van der Waals surface area contributed by atoms with Crippen LogP contribution in [0.25, 0.3) is 10.7 Å². The molecule has 34 heavy (non-hydrogen) atoms. The van der Waals surface area contributed by atoms with Crippen LogP contribution in [0.2, 0.25) is 0 Å². The molecule has 0 aliphatic carbocycles. The van der Waals surface area contributed by atoms with Crippen molar-refractivity contribution in [3.05, 3.63) is 35.5 Å². The largest absolute Gasteiger partial charge is 0.480 e. The van der Waals surface area contributed by atoms with E-state index in [-0.39, 0.29) is 11.6 Å². The van der Waals surface area contributed by atoms with Gasteiger partial charge in [-0.1, -0.05) is 17.4 Å². The van der Waals surface area contributed by atoms with E-state index >= 15 is 0 Å². The summed E-state index contributed by atoms with van der Waals surface area (Å²) in [5.41, 5.74) is -2.64. The SMILES string of the molecule is O=C(O)Cn1nnc(-c2cnc(N3CCC4(CC3)NC(=O)c3c(cccc3C(F)(F)F)O4)s2)n1. The molecule has 5 rings (SSSR count). The zero-order valence-corrected chi connectivity index (χ0v) is 18.1. The summed E-state index contributed by atoms with van der Waals surface area (Å²) >= 11 is 1.29. The minimum atomic E-state index is -4.67. The first-order chi connectivity index (χ1) is 16.1. The summed E-state index contributed by atoms with van der Waals surface area (Å²) in [7, 11) is 0. The Morgan fingerprint density at radius 1 is 1.29 bits per heavy atom. The van der Waals surface area contributed by atoms with Crippen LogP contribution in [0, 0.1) is 0 Å². The summed E-state index contributed by atoms with van der Waals surface area (Å²) in [5.74, 6) is -1.74. The van der Waals surface area contributed by atoms with Gasteiger partial charge in [0, 0.05) is 25.9 Å². The normalized spacial score (nSPS) is 17.3. The number of carbonyl (C=O) groups excluding carboxylic acids is 1. The molecular weight excluding hydrogens is 479 g/mol. The third-order valence-corrected chi connectivity index (χ3v) is 6.54. The summed E-state index contributed by atoms with van der Waals surface area (Å²) in [6.07, 6.45) is -2.46. The van der Waals surface area contributed by atoms with Crippen LogP contribution < -0.4 is 15.0 Å². The molecule has 0 saturated carbocycles. The molecule has 1 fully saturated rings. The molecule has 0 atom stereocenters. The fourth-order valence-corrected chi connectivity index (χ4v) is 4.81. The topological polar surface area (TPSA) is 135 Å². The number of carboxylic acid groups (broad SMARTS) is 1. The van der Waals surface area contributed by atoms with Crippen LogP contribution in [-0.2, 0) is 17.5 Å². The lowest BCUT2D eigenvalue weighted by Crippen LogP contribution is -2.61. The van der Waals surface area contributed by atoms with E-state index in [4.69, 9.17) is 9.84 Å². The minimum absolute atomic E-state index is 0.0842. The van der Waals surface area contributed by atoms with Gasteiger partial charge in [-0.05, 0) is 17.3 Å². The standard InChI is InChI=1S/C19H16F3N7O4S/c20-19(21,22)10-2-1-3-11-14(10)16(32)24-18(33-11)4-6-28(7-5-18)17-23-8-12(34-17)15-25-27-29(26-15)9-13(30)31/h1-3,8H,4-7,9H2,(H,24,32)(H,30,31). The number of hydrogen-bond donors (Lipinski definition) is 2. The van der Waals surface area contributed by atoms with Crippen molar-refractivity contribution in [3.63, 3.8) is 0 Å². The van der Waals surface area contributed by atoms with Gasteiger partial charge in [-0.2, -0.15) is 18.0 Å². The third kappa shape index (κ3) is 4.02. The summed E-state index contributed by atoms with van der Waals surface area (Å²) in [4.78, 5) is 31.3. The summed E-state index contributed by atoms with van der Waals surface area (Å²) < 4.78 is 45.9. The van der Waals surface area contributed by atoms with Crippen LogP contribution in [0.1, 0.15) is 28.8 Å². The van der Waals surface area contributed by atoms with E-state index in [2.05, 4.69) is 25.7 Å². The van der Waals surface area contributed by atoms with Crippen molar-refractivity contribution < 1.29 is 32.6 Å². The highest BCUT2D eigenvalue weighted by atomic mass is 32.1. The Labute approximate surface area is 193 Å². The first kappa shape index (κ1) is 22.1. The Hall–Kier alpha value is -3.75. The zero-order chi connectivity index (χ0) is 24.1. The monoisotopic (exact) mass is 495 g/mol. The predicted octanol–water partition coefficient (Wildman–Crippen LogP) is 2.02. The number of nitrogens with one attached hydrogen (secondary N) is 1. The van der Waals surface area contributed by atoms with E-state index < -0.39 is 41.4 Å². The van der Waals surface area contributed by atoms with Gasteiger partial charge in [0.25, 0.3) is 5.91 Å². The van der Waals surface area contributed by atoms with Gasteiger partial charge in [0.15, 0.2) is 17.4 Å². The molecule has 1 saturated heterocycles. The molecule has 0 radical (unpaired) electrons. The maximum absolute atomic E-state index is 13.3. The first-order valence-electron chi connectivity index (χ1n) is 10.1. The summed E-state index contributed by atoms with van der Waals surface area (Å²) in [5, 5.41) is 23.7. The lowest BCUT2D eigenvalue weighted by atomic mass is 9.95. The van der Waals surface area contributed by atoms with E-state index in [0.29, 0.717) is 35.9 Å². The summed E-state index contributed by atoms with van der Waals surface area (Å²) in [6, 6.07) is 3.45. The Balaban J connectivity index is 1.29. The van der Waals surface area contributed by atoms with Crippen LogP contribution >= 0.6 is 11.3 Å². The molecule has 1 spiro atoms. The van der Waals surface area contributed by atoms with Crippen LogP contribution in [-0.4, -0.2) is 61.0 Å². The lowest BCUT2D eigenvalue weighted by molar-refractivity contribution is -0.139. The van der Waals surface area contributed by atoms with Crippen molar-refractivity contribution in [2.24, 2.45) is 0 Å². The van der Waals surface area contributed by atoms with Crippen molar-refractivity contribution in [1.29, 1.82) is 0 Å². The number of tetrazole rings is 1. The second kappa shape index (κ2) is 7.93. The number of alkyl halides is 3. The number of carboxylic acids is 1. The quantitative estimate of drug-likeness (QED) is 0.557. The highest BCUT2D eigenvalue weighted by Gasteiger charge is 2.46. The van der Waals surface area contributed by atoms with E-state index in [1.54, 1.807) is 6.20 Å². The van der Waals surface area contributed by atoms with E-state index in [1.807, 2.05) is 4.90 Å². The van der Waals surface area contributed by atoms with Crippen molar-refractivity contribution in [3.8, 4) is 16.5 Å². The van der Waals surface area contributed by atoms with Gasteiger partial charge in [-0.3, -0.25) is 9.59 Å². The van der Waals surface area contributed by atoms with Crippen molar-refractivity contribution in [1.82, 2.24) is 30.5 Å². The van der Waals surface area contributed by atoms with Crippen molar-refractivity contribution in [2.75, 3.05) is 18.0 Å². The number of fused-ring (bicyclic) bond motifs is 1. The first-order valence-corrected chi connectivity index (χ1v) is 10.9. The number of nitrogens with zero attached hydrogens (tertiary/aromatic N) is 6. The average molecular weight is 495 g/mol. The van der Waals surface area contributed by atoms with Crippen LogP contribution in [0.4, 0.5) is 18.3 Å². The number of hydrogen-bond acceptors (Lipinski definition) is 9. The minimum Gasteiger partial charge on any atom is -0.480 e. The number of amides is 1. The van der Waals surface area contributed by atoms with Gasteiger partial charge in [0.05, 0.1) is 22.2 Å². The Morgan fingerprint density at radius 3 is 2.76 bits per heavy atom. The Bertz CT molecular complexity index is 1270. The molecule has 2 N–H and O–H groups in total. The molecule has 0 bridgehead atoms. The van der Waals surface area contributed by atoms with Gasteiger partial charge in [-0.25, -0.2) is 4.98 Å². The molecule has 1 amide bonds. The molecule has 2 aliphatic rings. The zero-order valence-electron chi connectivity index (χ0n) is 17.2. The number of aromatic nitrogens is 5. The number of carbonyl (C=O) groups is 2. The van der Waals surface area contributed by atoms with Gasteiger partial charge < -0.3 is 20.1 Å². The molecule has 11 nitrogen and oxygen atoms in total. The maximum atomic E-state index is 13.3. The lowest BCUT2D eigenvalue weighted by Gasteiger charge is -2.44. The average Bonchev–Trinajstić information content (AvgIpc) is 3.42. The van der Waals surface area contributed by atoms with Crippen molar-refractivity contribution in [2.45, 2.75) is 31.3 Å². The van der Waals surface area contributed by atoms with Crippen molar-refractivity contribution >= 4 is 28.3 Å². The highest BCUT2D eigenvalue weighted by molar-refractivity contribution is 7.18. The van der Waals surface area contributed by atoms with Gasteiger partial charge in [0.2, 0.25) is 5.82 Å². The third-order valence-electron chi connectivity index (χ3n) is 5.49. The number of ether oxygens (including phenoxy) is 1. The maximum Gasteiger partial charge on any atom is 0.417 e. The molecule has 0 unspecified atom stereocenters. The molecule has 15 heteroatoms. The molecular formula is C19H16F3N7O4S. The number of thiazole rings is 1. The van der Waals surface area contributed by atoms with Gasteiger partial charge in [0.1, 0.15) is 5.75 Å². The van der Waals surface area contributed by atoms with Crippen LogP contribution in [0.15, 0.2) is 24.4 Å². The molecule has 178 valence electrons. The number of benzene rings is 1. The second-order valence-corrected chi connectivity index (χ2v) is 8.77. The van der Waals surface area contributed by atoms with E-state index in [0.717, 1.165) is 10.9 Å². The number of rotatable bonds is 4. The van der Waals surface area contributed by atoms with Crippen LogP contribution in [0.5, 0.6) is 5.75 Å². The Morgan fingerprint density at radius 2 is 2.06 bits per heavy atom. The molecule has 4 heterocycles. The van der Waals surface area contributed by atoms with E-state index in [1.165, 1.54) is 23.5 Å². The van der Waals surface area contributed by atoms with Gasteiger partial charge >= 0.3 is 12.1 Å². The van der Waals surface area contributed by atoms with E-state index in [9.17, 15) is 22.8 Å². The Kier molecular flexibility index (Phi) is 5.15.